The zero-order valence-electron chi connectivity index (χ0n) is 9.25. The number of aryl methyl sites for hydroxylation is 1. The van der Waals surface area contributed by atoms with Crippen LogP contribution in [0.25, 0.3) is 10.9 Å². The third-order valence-corrected chi connectivity index (χ3v) is 3.10. The molecule has 0 aliphatic rings. The van der Waals surface area contributed by atoms with Crippen molar-refractivity contribution in [1.82, 2.24) is 4.98 Å². The van der Waals surface area contributed by atoms with E-state index in [1.54, 1.807) is 6.07 Å². The molecule has 0 N–H and O–H groups in total. The molecule has 5 heteroatoms. The first-order valence-corrected chi connectivity index (χ1v) is 5.63. The first-order chi connectivity index (χ1) is 8.04. The van der Waals surface area contributed by atoms with Gasteiger partial charge in [-0.2, -0.15) is 0 Å². The number of methoxy groups -OCH3 is 1. The number of ether oxygens (including phenoxy) is 1. The molecule has 0 saturated carbocycles. The van der Waals surface area contributed by atoms with Crippen LogP contribution in [0, 0.1) is 6.92 Å². The van der Waals surface area contributed by atoms with Crippen LogP contribution in [0.3, 0.4) is 0 Å². The van der Waals surface area contributed by atoms with Crippen molar-refractivity contribution in [1.29, 1.82) is 0 Å². The van der Waals surface area contributed by atoms with Crippen LogP contribution in [-0.2, 0) is 4.74 Å². The number of pyridine rings is 1. The van der Waals surface area contributed by atoms with Crippen LogP contribution in [0.15, 0.2) is 18.3 Å². The summed E-state index contributed by atoms with van der Waals surface area (Å²) >= 11 is 12.2. The molecule has 1 aromatic heterocycles. The average Bonchev–Trinajstić information content (AvgIpc) is 2.29. The molecule has 0 aliphatic carbocycles. The monoisotopic (exact) mass is 269 g/mol. The molecule has 0 saturated heterocycles. The largest absolute Gasteiger partial charge is 0.465 e. The number of carbonyl (C=O) groups is 1. The highest BCUT2D eigenvalue weighted by Crippen LogP contribution is 2.31. The Bertz CT molecular complexity index is 611. The summed E-state index contributed by atoms with van der Waals surface area (Å²) in [4.78, 5) is 15.6. The van der Waals surface area contributed by atoms with Gasteiger partial charge in [0.15, 0.2) is 0 Å². The highest BCUT2D eigenvalue weighted by molar-refractivity contribution is 6.41. The van der Waals surface area contributed by atoms with Gasteiger partial charge in [-0.05, 0) is 24.6 Å². The van der Waals surface area contributed by atoms with Gasteiger partial charge in [0.25, 0.3) is 0 Å². The molecule has 2 aromatic rings. The van der Waals surface area contributed by atoms with Crippen LogP contribution in [0.4, 0.5) is 0 Å². The highest BCUT2D eigenvalue weighted by Gasteiger charge is 2.15. The van der Waals surface area contributed by atoms with Gasteiger partial charge in [-0.15, -0.1) is 0 Å². The summed E-state index contributed by atoms with van der Waals surface area (Å²) in [7, 11) is 1.30. The summed E-state index contributed by atoms with van der Waals surface area (Å²) in [5, 5.41) is 1.48. The fourth-order valence-corrected chi connectivity index (χ4v) is 2.21. The molecule has 0 bridgehead atoms. The lowest BCUT2D eigenvalue weighted by Gasteiger charge is -2.07. The molecule has 1 aromatic carbocycles. The summed E-state index contributed by atoms with van der Waals surface area (Å²) in [6, 6.07) is 3.63. The van der Waals surface area contributed by atoms with Gasteiger partial charge in [0.1, 0.15) is 0 Å². The molecule has 0 unspecified atom stereocenters. The number of hydrogen-bond donors (Lipinski definition) is 0. The van der Waals surface area contributed by atoms with E-state index in [9.17, 15) is 4.79 Å². The predicted molar refractivity (Wildman–Crippen MR) is 67.8 cm³/mol. The van der Waals surface area contributed by atoms with Crippen LogP contribution in [0.5, 0.6) is 0 Å². The number of hydrogen-bond acceptors (Lipinski definition) is 3. The average molecular weight is 270 g/mol. The molecule has 3 nitrogen and oxygen atoms in total. The quantitative estimate of drug-likeness (QED) is 0.742. The van der Waals surface area contributed by atoms with Crippen molar-refractivity contribution in [2.75, 3.05) is 7.11 Å². The first-order valence-electron chi connectivity index (χ1n) is 4.87. The number of nitrogens with zero attached hydrogens (tertiary/aromatic N) is 1. The van der Waals surface area contributed by atoms with E-state index in [0.29, 0.717) is 20.9 Å². The summed E-state index contributed by atoms with van der Waals surface area (Å²) in [6.07, 6.45) is 1.37. The second-order valence-corrected chi connectivity index (χ2v) is 4.41. The van der Waals surface area contributed by atoms with Crippen LogP contribution in [-0.4, -0.2) is 18.1 Å². The van der Waals surface area contributed by atoms with Gasteiger partial charge in [0.2, 0.25) is 0 Å². The third-order valence-electron chi connectivity index (χ3n) is 2.41. The molecule has 0 radical (unpaired) electrons. The van der Waals surface area contributed by atoms with E-state index in [0.717, 1.165) is 5.56 Å². The van der Waals surface area contributed by atoms with Crippen molar-refractivity contribution >= 4 is 40.1 Å². The lowest BCUT2D eigenvalue weighted by atomic mass is 10.1. The minimum Gasteiger partial charge on any atom is -0.465 e. The Morgan fingerprint density at radius 2 is 2.06 bits per heavy atom. The van der Waals surface area contributed by atoms with E-state index in [-0.39, 0.29) is 5.56 Å². The first kappa shape index (κ1) is 12.1. The van der Waals surface area contributed by atoms with Gasteiger partial charge in [-0.25, -0.2) is 4.79 Å². The third kappa shape index (κ3) is 2.08. The molecule has 2 rings (SSSR count). The van der Waals surface area contributed by atoms with Gasteiger partial charge in [0, 0.05) is 11.6 Å². The van der Waals surface area contributed by atoms with Gasteiger partial charge in [-0.1, -0.05) is 23.2 Å². The summed E-state index contributed by atoms with van der Waals surface area (Å²) in [6.45, 7) is 1.90. The Labute approximate surface area is 108 Å². The number of halogens is 2. The number of benzene rings is 1. The van der Waals surface area contributed by atoms with Crippen molar-refractivity contribution < 1.29 is 9.53 Å². The van der Waals surface area contributed by atoms with Gasteiger partial charge in [0.05, 0.1) is 28.2 Å². The number of aromatic nitrogens is 1. The Balaban J connectivity index is 2.79. The molecule has 0 atom stereocenters. The summed E-state index contributed by atoms with van der Waals surface area (Å²) < 4.78 is 4.63. The Morgan fingerprint density at radius 1 is 1.35 bits per heavy atom. The molecule has 1 heterocycles. The minimum atomic E-state index is -0.512. The van der Waals surface area contributed by atoms with E-state index < -0.39 is 5.97 Å². The maximum Gasteiger partial charge on any atom is 0.340 e. The topological polar surface area (TPSA) is 39.2 Å². The Morgan fingerprint density at radius 3 is 2.71 bits per heavy atom. The zero-order valence-corrected chi connectivity index (χ0v) is 10.8. The smallest absolute Gasteiger partial charge is 0.340 e. The molecule has 88 valence electrons. The molecule has 17 heavy (non-hydrogen) atoms. The maximum atomic E-state index is 11.5. The van der Waals surface area contributed by atoms with E-state index >= 15 is 0 Å². The van der Waals surface area contributed by atoms with E-state index in [4.69, 9.17) is 23.2 Å². The predicted octanol–water partition coefficient (Wildman–Crippen LogP) is 3.64. The van der Waals surface area contributed by atoms with Crippen LogP contribution < -0.4 is 0 Å². The SMILES string of the molecule is COC(=O)c1cnc2c(Cl)cc(C)cc2c1Cl. The number of carbonyl (C=O) groups excluding carboxylic acids is 1. The molecule has 0 amide bonds. The van der Waals surface area contributed by atoms with Crippen molar-refractivity contribution in [3.8, 4) is 0 Å². The van der Waals surface area contributed by atoms with Crippen LogP contribution in [0.1, 0.15) is 15.9 Å². The molecular formula is C12H9Cl2NO2. The molecule has 0 spiro atoms. The van der Waals surface area contributed by atoms with Crippen molar-refractivity contribution in [3.05, 3.63) is 39.5 Å². The van der Waals surface area contributed by atoms with E-state index in [2.05, 4.69) is 9.72 Å². The number of rotatable bonds is 1. The Hall–Kier alpha value is -1.32. The second-order valence-electron chi connectivity index (χ2n) is 3.62. The van der Waals surface area contributed by atoms with Crippen LogP contribution in [0.2, 0.25) is 10.0 Å². The molecule has 0 fully saturated rings. The standard InChI is InChI=1S/C12H9Cl2NO2/c1-6-3-7-10(14)8(12(16)17-2)5-15-11(7)9(13)4-6/h3-5H,1-2H3. The van der Waals surface area contributed by atoms with Gasteiger partial charge >= 0.3 is 5.97 Å². The minimum absolute atomic E-state index is 0.239. The van der Waals surface area contributed by atoms with Gasteiger partial charge < -0.3 is 4.74 Å². The lowest BCUT2D eigenvalue weighted by Crippen LogP contribution is -2.03. The highest BCUT2D eigenvalue weighted by atomic mass is 35.5. The van der Waals surface area contributed by atoms with Crippen molar-refractivity contribution in [2.24, 2.45) is 0 Å². The van der Waals surface area contributed by atoms with Crippen molar-refractivity contribution in [2.45, 2.75) is 6.92 Å². The van der Waals surface area contributed by atoms with Gasteiger partial charge in [-0.3, -0.25) is 4.98 Å². The van der Waals surface area contributed by atoms with E-state index in [1.807, 2.05) is 13.0 Å². The van der Waals surface area contributed by atoms with Crippen molar-refractivity contribution in [3.63, 3.8) is 0 Å². The second kappa shape index (κ2) is 4.51. The number of fused-ring (bicyclic) bond motifs is 1. The lowest BCUT2D eigenvalue weighted by molar-refractivity contribution is 0.0600. The molecular weight excluding hydrogens is 261 g/mol. The van der Waals surface area contributed by atoms with E-state index in [1.165, 1.54) is 13.3 Å². The Kier molecular flexibility index (Phi) is 3.22. The maximum absolute atomic E-state index is 11.5. The summed E-state index contributed by atoms with van der Waals surface area (Å²) in [5.41, 5.74) is 1.77. The van der Waals surface area contributed by atoms with Crippen LogP contribution >= 0.6 is 23.2 Å². The normalized spacial score (nSPS) is 10.6. The fourth-order valence-electron chi connectivity index (χ4n) is 1.62. The summed E-state index contributed by atoms with van der Waals surface area (Å²) in [5.74, 6) is -0.512. The number of esters is 1. The zero-order chi connectivity index (χ0) is 12.6. The molecule has 0 aliphatic heterocycles. The fraction of sp³-hybridized carbons (Fsp3) is 0.167.